The molecule has 1 N–H and O–H groups in total. The third-order valence-corrected chi connectivity index (χ3v) is 5.24. The maximum absolute atomic E-state index is 12.5. The summed E-state index contributed by atoms with van der Waals surface area (Å²) in [6.45, 7) is 0.856. The zero-order chi connectivity index (χ0) is 22.8. The van der Waals surface area contributed by atoms with Crippen molar-refractivity contribution in [3.05, 3.63) is 102 Å². The molecule has 1 unspecified atom stereocenters. The molecule has 0 aliphatic rings. The summed E-state index contributed by atoms with van der Waals surface area (Å²) in [5.74, 6) is -0.0243. The molecule has 3 rings (SSSR count). The van der Waals surface area contributed by atoms with Crippen LogP contribution in [0.1, 0.15) is 23.1 Å². The summed E-state index contributed by atoms with van der Waals surface area (Å²) >= 11 is 0. The van der Waals surface area contributed by atoms with Crippen molar-refractivity contribution in [1.29, 1.82) is 0 Å². The molecule has 0 aromatic heterocycles. The first-order valence-electron chi connectivity index (χ1n) is 10.3. The Hall–Kier alpha value is -3.16. The molecule has 0 saturated carbocycles. The SMILES string of the molecule is CS(=O)(=O)Oc1ccc(CC(CC(=O)OCc2ccccc2)NCc2ccccc2)cc1. The molecule has 0 amide bonds. The molecule has 3 aromatic carbocycles. The number of nitrogens with one attached hydrogen (secondary N) is 1. The summed E-state index contributed by atoms with van der Waals surface area (Å²) in [7, 11) is -3.57. The Balaban J connectivity index is 1.62. The standard InChI is InChI=1S/C25H27NO5S/c1-32(28,29)31-24-14-12-20(13-15-24)16-23(26-18-21-8-4-2-5-9-21)17-25(27)30-19-22-10-6-3-7-11-22/h2-15,23,26H,16-19H2,1H3. The molecule has 6 nitrogen and oxygen atoms in total. The van der Waals surface area contributed by atoms with Gasteiger partial charge in [0.15, 0.2) is 0 Å². The van der Waals surface area contributed by atoms with E-state index in [1.807, 2.05) is 60.7 Å². The van der Waals surface area contributed by atoms with E-state index in [0.717, 1.165) is 22.9 Å². The minimum absolute atomic E-state index is 0.153. The normalized spacial score (nSPS) is 12.2. The molecule has 0 fully saturated rings. The van der Waals surface area contributed by atoms with E-state index in [-0.39, 0.29) is 30.8 Å². The van der Waals surface area contributed by atoms with Gasteiger partial charge in [-0.1, -0.05) is 72.8 Å². The zero-order valence-corrected chi connectivity index (χ0v) is 18.8. The van der Waals surface area contributed by atoms with Gasteiger partial charge in [0.1, 0.15) is 12.4 Å². The van der Waals surface area contributed by atoms with Crippen LogP contribution in [0.2, 0.25) is 0 Å². The number of esters is 1. The van der Waals surface area contributed by atoms with Crippen molar-refractivity contribution in [2.24, 2.45) is 0 Å². The highest BCUT2D eigenvalue weighted by atomic mass is 32.2. The summed E-state index contributed by atoms with van der Waals surface area (Å²) in [6.07, 6.45) is 1.79. The number of carbonyl (C=O) groups is 1. The number of carbonyl (C=O) groups excluding carboxylic acids is 1. The van der Waals surface area contributed by atoms with Gasteiger partial charge in [-0.2, -0.15) is 8.42 Å². The summed E-state index contributed by atoms with van der Waals surface area (Å²) in [4.78, 5) is 12.5. The number of hydrogen-bond acceptors (Lipinski definition) is 6. The molecule has 168 valence electrons. The number of rotatable bonds is 11. The monoisotopic (exact) mass is 453 g/mol. The highest BCUT2D eigenvalue weighted by molar-refractivity contribution is 7.86. The average molecular weight is 454 g/mol. The second-order valence-corrected chi connectivity index (χ2v) is 9.12. The van der Waals surface area contributed by atoms with Gasteiger partial charge >= 0.3 is 16.1 Å². The Labute approximate surface area is 189 Å². The smallest absolute Gasteiger partial charge is 0.307 e. The van der Waals surface area contributed by atoms with Gasteiger partial charge in [0, 0.05) is 12.6 Å². The number of hydrogen-bond donors (Lipinski definition) is 1. The first-order valence-corrected chi connectivity index (χ1v) is 12.1. The van der Waals surface area contributed by atoms with E-state index in [1.165, 1.54) is 0 Å². The Morgan fingerprint density at radius 3 is 2.03 bits per heavy atom. The number of ether oxygens (including phenoxy) is 1. The second-order valence-electron chi connectivity index (χ2n) is 7.55. The van der Waals surface area contributed by atoms with Crippen LogP contribution in [-0.4, -0.2) is 26.7 Å². The van der Waals surface area contributed by atoms with E-state index in [9.17, 15) is 13.2 Å². The molecule has 3 aromatic rings. The topological polar surface area (TPSA) is 81.7 Å². The molecule has 7 heteroatoms. The maximum Gasteiger partial charge on any atom is 0.307 e. The lowest BCUT2D eigenvalue weighted by molar-refractivity contribution is -0.145. The summed E-state index contributed by atoms with van der Waals surface area (Å²) < 4.78 is 32.9. The predicted molar refractivity (Wildman–Crippen MR) is 124 cm³/mol. The van der Waals surface area contributed by atoms with Crippen molar-refractivity contribution >= 4 is 16.1 Å². The van der Waals surface area contributed by atoms with Gasteiger partial charge in [-0.3, -0.25) is 4.79 Å². The highest BCUT2D eigenvalue weighted by Gasteiger charge is 2.16. The molecule has 0 heterocycles. The van der Waals surface area contributed by atoms with Crippen LogP contribution in [0.3, 0.4) is 0 Å². The molecule has 0 saturated heterocycles. The Morgan fingerprint density at radius 2 is 1.44 bits per heavy atom. The minimum Gasteiger partial charge on any atom is -0.461 e. The molecule has 0 aliphatic carbocycles. The van der Waals surface area contributed by atoms with Gasteiger partial charge in [-0.15, -0.1) is 0 Å². The van der Waals surface area contributed by atoms with Crippen molar-refractivity contribution in [2.45, 2.75) is 32.0 Å². The van der Waals surface area contributed by atoms with Crippen molar-refractivity contribution < 1.29 is 22.1 Å². The second kappa shape index (κ2) is 11.5. The van der Waals surface area contributed by atoms with Crippen LogP contribution in [0.25, 0.3) is 0 Å². The summed E-state index contributed by atoms with van der Waals surface area (Å²) in [5, 5.41) is 3.44. The average Bonchev–Trinajstić information content (AvgIpc) is 2.78. The molecular weight excluding hydrogens is 426 g/mol. The van der Waals surface area contributed by atoms with E-state index in [1.54, 1.807) is 24.3 Å². The van der Waals surface area contributed by atoms with Crippen LogP contribution in [0.15, 0.2) is 84.9 Å². The van der Waals surface area contributed by atoms with Crippen molar-refractivity contribution in [2.75, 3.05) is 6.26 Å². The van der Waals surface area contributed by atoms with Crippen molar-refractivity contribution in [3.8, 4) is 5.75 Å². The van der Waals surface area contributed by atoms with E-state index < -0.39 is 10.1 Å². The molecule has 0 bridgehead atoms. The summed E-state index contributed by atoms with van der Waals surface area (Å²) in [6, 6.07) is 26.2. The van der Waals surface area contributed by atoms with Crippen LogP contribution in [0.4, 0.5) is 0 Å². The summed E-state index contributed by atoms with van der Waals surface area (Å²) in [5.41, 5.74) is 3.01. The Morgan fingerprint density at radius 1 is 0.844 bits per heavy atom. The zero-order valence-electron chi connectivity index (χ0n) is 17.9. The van der Waals surface area contributed by atoms with Crippen molar-refractivity contribution in [3.63, 3.8) is 0 Å². The van der Waals surface area contributed by atoms with Crippen LogP contribution in [0.5, 0.6) is 5.75 Å². The fourth-order valence-electron chi connectivity index (χ4n) is 3.21. The van der Waals surface area contributed by atoms with Crippen LogP contribution >= 0.6 is 0 Å². The fraction of sp³-hybridized carbons (Fsp3) is 0.240. The Bertz CT molecular complexity index is 1080. The lowest BCUT2D eigenvalue weighted by Gasteiger charge is -2.19. The first-order chi connectivity index (χ1) is 15.4. The van der Waals surface area contributed by atoms with E-state index in [4.69, 9.17) is 8.92 Å². The van der Waals surface area contributed by atoms with E-state index in [0.29, 0.717) is 13.0 Å². The van der Waals surface area contributed by atoms with Crippen LogP contribution in [0, 0.1) is 0 Å². The van der Waals surface area contributed by atoms with Gasteiger partial charge < -0.3 is 14.2 Å². The Kier molecular flexibility index (Phi) is 8.41. The largest absolute Gasteiger partial charge is 0.461 e. The highest BCUT2D eigenvalue weighted by Crippen LogP contribution is 2.16. The quantitative estimate of drug-likeness (QED) is 0.351. The third kappa shape index (κ3) is 8.53. The molecule has 1 atom stereocenters. The van der Waals surface area contributed by atoms with Gasteiger partial charge in [0.2, 0.25) is 0 Å². The lowest BCUT2D eigenvalue weighted by Crippen LogP contribution is -2.33. The van der Waals surface area contributed by atoms with Gasteiger partial charge in [-0.05, 0) is 35.2 Å². The maximum atomic E-state index is 12.5. The first kappa shape index (κ1) is 23.5. The molecular formula is C25H27NO5S. The molecule has 0 aliphatic heterocycles. The molecule has 0 spiro atoms. The van der Waals surface area contributed by atoms with Gasteiger partial charge in [-0.25, -0.2) is 0 Å². The predicted octanol–water partition coefficient (Wildman–Crippen LogP) is 3.86. The lowest BCUT2D eigenvalue weighted by atomic mass is 10.0. The molecule has 32 heavy (non-hydrogen) atoms. The van der Waals surface area contributed by atoms with Gasteiger partial charge in [0.05, 0.1) is 12.7 Å². The molecule has 0 radical (unpaired) electrons. The van der Waals surface area contributed by atoms with Crippen molar-refractivity contribution in [1.82, 2.24) is 5.32 Å². The van der Waals surface area contributed by atoms with Crippen LogP contribution < -0.4 is 9.50 Å². The third-order valence-electron chi connectivity index (χ3n) is 4.75. The van der Waals surface area contributed by atoms with Gasteiger partial charge in [0.25, 0.3) is 0 Å². The number of benzene rings is 3. The van der Waals surface area contributed by atoms with Crippen LogP contribution in [-0.2, 0) is 39.2 Å². The fourth-order valence-corrected chi connectivity index (χ4v) is 3.67. The minimum atomic E-state index is -3.57. The van der Waals surface area contributed by atoms with E-state index in [2.05, 4.69) is 5.32 Å². The van der Waals surface area contributed by atoms with E-state index >= 15 is 0 Å².